The molecule has 1 aliphatic carbocycles. The van der Waals surface area contributed by atoms with Crippen LogP contribution in [0.4, 0.5) is 0 Å². The van der Waals surface area contributed by atoms with Gasteiger partial charge in [-0.05, 0) is 74.5 Å². The lowest BCUT2D eigenvalue weighted by molar-refractivity contribution is 0.312. The maximum Gasteiger partial charge on any atom is 0.0991 e. The van der Waals surface area contributed by atoms with Gasteiger partial charge in [0, 0.05) is 0 Å². The molecule has 106 valence electrons. The fourth-order valence-corrected chi connectivity index (χ4v) is 3.23. The molecule has 1 saturated carbocycles. The highest BCUT2D eigenvalue weighted by Crippen LogP contribution is 2.37. The van der Waals surface area contributed by atoms with Crippen LogP contribution in [0.2, 0.25) is 0 Å². The molecule has 0 unspecified atom stereocenters. The van der Waals surface area contributed by atoms with Crippen molar-refractivity contribution >= 4 is 0 Å². The molecular formula is C19H25N. The fourth-order valence-electron chi connectivity index (χ4n) is 3.23. The Balaban J connectivity index is 1.78. The Bertz CT molecular complexity index is 456. The van der Waals surface area contributed by atoms with Crippen LogP contribution in [0.25, 0.3) is 0 Å². The first-order valence-electron chi connectivity index (χ1n) is 7.98. The molecule has 0 aromatic heterocycles. The van der Waals surface area contributed by atoms with Gasteiger partial charge in [-0.3, -0.25) is 0 Å². The van der Waals surface area contributed by atoms with Gasteiger partial charge < -0.3 is 0 Å². The van der Waals surface area contributed by atoms with E-state index >= 15 is 0 Å². The molecule has 0 amide bonds. The molecule has 1 aromatic carbocycles. The van der Waals surface area contributed by atoms with E-state index in [0.29, 0.717) is 5.92 Å². The number of hydrogen-bond acceptors (Lipinski definition) is 1. The van der Waals surface area contributed by atoms with Crippen LogP contribution in [0.5, 0.6) is 0 Å². The first kappa shape index (κ1) is 14.9. The maximum atomic E-state index is 8.84. The standard InChI is InChI=1S/C19H25N/c1-2-3-4-5-6-16-7-11-18(12-8-16)19-13-9-17(15-20)10-14-19/h3-4,9-10,13-14,16,18H,2,5-8,11-12H2,1H3/b4-3+/t16-,18-. The number of hydrogen-bond donors (Lipinski definition) is 0. The van der Waals surface area contributed by atoms with E-state index in [-0.39, 0.29) is 0 Å². The predicted molar refractivity (Wildman–Crippen MR) is 84.5 cm³/mol. The van der Waals surface area contributed by atoms with Gasteiger partial charge in [-0.25, -0.2) is 0 Å². The van der Waals surface area contributed by atoms with Gasteiger partial charge in [-0.1, -0.05) is 31.2 Å². The average Bonchev–Trinajstić information content (AvgIpc) is 2.52. The zero-order chi connectivity index (χ0) is 14.2. The van der Waals surface area contributed by atoms with Gasteiger partial charge in [0.15, 0.2) is 0 Å². The lowest BCUT2D eigenvalue weighted by atomic mass is 9.77. The second-order valence-electron chi connectivity index (χ2n) is 5.91. The molecule has 1 aromatic rings. The minimum atomic E-state index is 0.713. The van der Waals surface area contributed by atoms with Gasteiger partial charge in [-0.15, -0.1) is 0 Å². The Morgan fingerprint density at radius 3 is 2.40 bits per heavy atom. The Morgan fingerprint density at radius 2 is 1.80 bits per heavy atom. The molecule has 1 fully saturated rings. The molecule has 1 heteroatoms. The lowest BCUT2D eigenvalue weighted by Crippen LogP contribution is -2.13. The highest BCUT2D eigenvalue weighted by molar-refractivity contribution is 5.33. The third-order valence-corrected chi connectivity index (χ3v) is 4.50. The number of nitriles is 1. The summed E-state index contributed by atoms with van der Waals surface area (Å²) in [6, 6.07) is 10.4. The van der Waals surface area contributed by atoms with Crippen molar-refractivity contribution in [2.24, 2.45) is 5.92 Å². The van der Waals surface area contributed by atoms with Gasteiger partial charge in [0.1, 0.15) is 0 Å². The van der Waals surface area contributed by atoms with Gasteiger partial charge >= 0.3 is 0 Å². The van der Waals surface area contributed by atoms with Crippen LogP contribution in [-0.4, -0.2) is 0 Å². The van der Waals surface area contributed by atoms with Gasteiger partial charge in [0.25, 0.3) is 0 Å². The van der Waals surface area contributed by atoms with E-state index in [1.807, 2.05) is 12.1 Å². The van der Waals surface area contributed by atoms with E-state index < -0.39 is 0 Å². The number of nitrogens with zero attached hydrogens (tertiary/aromatic N) is 1. The number of benzene rings is 1. The zero-order valence-corrected chi connectivity index (χ0v) is 12.5. The molecule has 0 spiro atoms. The van der Waals surface area contributed by atoms with E-state index in [4.69, 9.17) is 5.26 Å². The monoisotopic (exact) mass is 267 g/mol. The number of rotatable bonds is 5. The zero-order valence-electron chi connectivity index (χ0n) is 12.5. The molecule has 1 nitrogen and oxygen atoms in total. The summed E-state index contributed by atoms with van der Waals surface area (Å²) in [5.41, 5.74) is 2.19. The minimum absolute atomic E-state index is 0.713. The van der Waals surface area contributed by atoms with Crippen LogP contribution >= 0.6 is 0 Å². The van der Waals surface area contributed by atoms with Crippen molar-refractivity contribution in [2.75, 3.05) is 0 Å². The number of allylic oxidation sites excluding steroid dienone is 2. The summed E-state index contributed by atoms with van der Waals surface area (Å²) in [6.45, 7) is 2.19. The van der Waals surface area contributed by atoms with Crippen LogP contribution in [-0.2, 0) is 0 Å². The SMILES string of the molecule is CC/C=C/CC[C@H]1CC[C@H](c2ccc(C#N)cc2)CC1. The molecule has 0 atom stereocenters. The van der Waals surface area contributed by atoms with Gasteiger partial charge in [-0.2, -0.15) is 5.26 Å². The second-order valence-corrected chi connectivity index (χ2v) is 5.91. The minimum Gasteiger partial charge on any atom is -0.192 e. The fraction of sp³-hybridized carbons (Fsp3) is 0.526. The molecule has 0 saturated heterocycles. The molecule has 2 rings (SSSR count). The normalized spacial score (nSPS) is 22.8. The molecule has 0 bridgehead atoms. The lowest BCUT2D eigenvalue weighted by Gasteiger charge is -2.28. The summed E-state index contributed by atoms with van der Waals surface area (Å²) in [4.78, 5) is 0. The molecule has 1 aliphatic rings. The van der Waals surface area contributed by atoms with E-state index in [1.54, 1.807) is 0 Å². The van der Waals surface area contributed by atoms with Crippen molar-refractivity contribution < 1.29 is 0 Å². The average molecular weight is 267 g/mol. The summed E-state index contributed by atoms with van der Waals surface area (Å²) in [5.74, 6) is 1.64. The smallest absolute Gasteiger partial charge is 0.0991 e. The Morgan fingerprint density at radius 1 is 1.10 bits per heavy atom. The Hall–Kier alpha value is -1.55. The molecule has 0 N–H and O–H groups in total. The molecule has 0 aliphatic heterocycles. The van der Waals surface area contributed by atoms with Gasteiger partial charge in [0.05, 0.1) is 11.6 Å². The maximum absolute atomic E-state index is 8.84. The van der Waals surface area contributed by atoms with E-state index in [0.717, 1.165) is 17.9 Å². The molecule has 0 radical (unpaired) electrons. The highest BCUT2D eigenvalue weighted by Gasteiger charge is 2.21. The van der Waals surface area contributed by atoms with Crippen LogP contribution < -0.4 is 0 Å². The third-order valence-electron chi connectivity index (χ3n) is 4.50. The third kappa shape index (κ3) is 4.23. The molecule has 20 heavy (non-hydrogen) atoms. The predicted octanol–water partition coefficient (Wildman–Crippen LogP) is 5.58. The first-order valence-corrected chi connectivity index (χ1v) is 7.98. The summed E-state index contributed by atoms with van der Waals surface area (Å²) in [5, 5.41) is 8.84. The van der Waals surface area contributed by atoms with Crippen molar-refractivity contribution in [1.82, 2.24) is 0 Å². The van der Waals surface area contributed by atoms with Crippen molar-refractivity contribution in [2.45, 2.75) is 57.8 Å². The van der Waals surface area contributed by atoms with Crippen LogP contribution in [0.3, 0.4) is 0 Å². The van der Waals surface area contributed by atoms with Crippen LogP contribution in [0, 0.1) is 17.2 Å². The van der Waals surface area contributed by atoms with Crippen molar-refractivity contribution in [3.63, 3.8) is 0 Å². The van der Waals surface area contributed by atoms with Gasteiger partial charge in [0.2, 0.25) is 0 Å². The Kier molecular flexibility index (Phi) is 5.87. The summed E-state index contributed by atoms with van der Waals surface area (Å²) in [7, 11) is 0. The molecule has 0 heterocycles. The van der Waals surface area contributed by atoms with E-state index in [2.05, 4.69) is 37.3 Å². The Labute approximate surface area is 123 Å². The summed E-state index contributed by atoms with van der Waals surface area (Å²) < 4.78 is 0. The molecular weight excluding hydrogens is 242 g/mol. The summed E-state index contributed by atoms with van der Waals surface area (Å²) in [6.07, 6.45) is 13.7. The highest BCUT2D eigenvalue weighted by atomic mass is 14.3. The largest absolute Gasteiger partial charge is 0.192 e. The topological polar surface area (TPSA) is 23.8 Å². The van der Waals surface area contributed by atoms with Crippen molar-refractivity contribution in [3.05, 3.63) is 47.5 Å². The second kappa shape index (κ2) is 7.90. The first-order chi connectivity index (χ1) is 9.83. The van der Waals surface area contributed by atoms with Crippen LogP contribution in [0.1, 0.15) is 68.9 Å². The van der Waals surface area contributed by atoms with Crippen molar-refractivity contribution in [1.29, 1.82) is 5.26 Å². The van der Waals surface area contributed by atoms with Crippen molar-refractivity contribution in [3.8, 4) is 6.07 Å². The van der Waals surface area contributed by atoms with Crippen LogP contribution in [0.15, 0.2) is 36.4 Å². The van der Waals surface area contributed by atoms with E-state index in [9.17, 15) is 0 Å². The van der Waals surface area contributed by atoms with E-state index in [1.165, 1.54) is 44.1 Å². The summed E-state index contributed by atoms with van der Waals surface area (Å²) >= 11 is 0. The quantitative estimate of drug-likeness (QED) is 0.639.